The molecule has 0 heterocycles. The van der Waals surface area contributed by atoms with Gasteiger partial charge in [-0.1, -0.05) is 60.5 Å². The normalized spacial score (nSPS) is 21.1. The highest BCUT2D eigenvalue weighted by atomic mass is 32.2. The van der Waals surface area contributed by atoms with Crippen LogP contribution < -0.4 is 0 Å². The summed E-state index contributed by atoms with van der Waals surface area (Å²) < 4.78 is 4.83. The van der Waals surface area contributed by atoms with E-state index in [-0.39, 0.29) is 16.8 Å². The van der Waals surface area contributed by atoms with Crippen molar-refractivity contribution in [3.8, 4) is 0 Å². The molecule has 27 heavy (non-hydrogen) atoms. The number of hydrogen-bond acceptors (Lipinski definition) is 4. The molecule has 0 aliphatic heterocycles. The van der Waals surface area contributed by atoms with Gasteiger partial charge in [-0.2, -0.15) is 0 Å². The van der Waals surface area contributed by atoms with Crippen molar-refractivity contribution < 1.29 is 9.53 Å². The van der Waals surface area contributed by atoms with Crippen LogP contribution in [0.25, 0.3) is 0 Å². The minimum atomic E-state index is -0.112. The van der Waals surface area contributed by atoms with E-state index in [9.17, 15) is 4.79 Å². The Bertz CT molecular complexity index is 609. The lowest BCUT2D eigenvalue weighted by Crippen LogP contribution is -2.26. The van der Waals surface area contributed by atoms with Crippen LogP contribution in [0.15, 0.2) is 23.1 Å². The summed E-state index contributed by atoms with van der Waals surface area (Å²) in [7, 11) is 1.47. The van der Waals surface area contributed by atoms with E-state index in [1.54, 1.807) is 11.8 Å². The Hall–Kier alpha value is -0.610. The molecular weight excluding hydrogens is 372 g/mol. The van der Waals surface area contributed by atoms with E-state index in [4.69, 9.17) is 4.74 Å². The molecule has 1 saturated carbocycles. The van der Waals surface area contributed by atoms with Crippen LogP contribution in [0.5, 0.6) is 0 Å². The third-order valence-corrected chi connectivity index (χ3v) is 8.15. The van der Waals surface area contributed by atoms with E-state index >= 15 is 0 Å². The topological polar surface area (TPSA) is 26.3 Å². The molecular formula is C23H36O2S2. The molecule has 1 aromatic carbocycles. The molecule has 0 saturated heterocycles. The summed E-state index contributed by atoms with van der Waals surface area (Å²) in [6.07, 6.45) is 4.99. The summed E-state index contributed by atoms with van der Waals surface area (Å²) >= 11 is 3.80. The monoisotopic (exact) mass is 408 g/mol. The largest absolute Gasteiger partial charge is 0.468 e. The van der Waals surface area contributed by atoms with Gasteiger partial charge >= 0.3 is 5.97 Å². The number of rotatable bonds is 5. The fourth-order valence-electron chi connectivity index (χ4n) is 3.33. The fraction of sp³-hybridized carbons (Fsp3) is 0.696. The van der Waals surface area contributed by atoms with Crippen molar-refractivity contribution in [2.45, 2.75) is 93.5 Å². The Labute approximate surface area is 174 Å². The number of benzene rings is 1. The average Bonchev–Trinajstić information content (AvgIpc) is 2.59. The Kier molecular flexibility index (Phi) is 7.78. The highest BCUT2D eigenvalue weighted by molar-refractivity contribution is 8.04. The maximum atomic E-state index is 11.6. The van der Waals surface area contributed by atoms with Gasteiger partial charge in [0.2, 0.25) is 0 Å². The van der Waals surface area contributed by atoms with Gasteiger partial charge in [0.25, 0.3) is 0 Å². The van der Waals surface area contributed by atoms with Gasteiger partial charge in [0.1, 0.15) is 0 Å². The van der Waals surface area contributed by atoms with Crippen molar-refractivity contribution >= 4 is 29.5 Å². The van der Waals surface area contributed by atoms with Crippen LogP contribution in [-0.2, 0) is 20.4 Å². The quantitative estimate of drug-likeness (QED) is 0.513. The predicted molar refractivity (Wildman–Crippen MR) is 120 cm³/mol. The second-order valence-electron chi connectivity index (χ2n) is 9.61. The zero-order chi connectivity index (χ0) is 20.2. The van der Waals surface area contributed by atoms with Crippen LogP contribution in [0.1, 0.15) is 78.4 Å². The van der Waals surface area contributed by atoms with Gasteiger partial charge in [0, 0.05) is 15.4 Å². The van der Waals surface area contributed by atoms with Gasteiger partial charge in [0.15, 0.2) is 0 Å². The summed E-state index contributed by atoms with van der Waals surface area (Å²) in [4.78, 5) is 13.0. The minimum absolute atomic E-state index is 0.112. The van der Waals surface area contributed by atoms with Crippen LogP contribution in [0, 0.1) is 0 Å². The molecule has 0 aromatic heterocycles. The summed E-state index contributed by atoms with van der Waals surface area (Å²) in [5.74, 6) is 0.354. The maximum Gasteiger partial charge on any atom is 0.315 e. The van der Waals surface area contributed by atoms with Crippen molar-refractivity contribution in [3.63, 3.8) is 0 Å². The van der Waals surface area contributed by atoms with Gasteiger partial charge in [0.05, 0.1) is 12.9 Å². The van der Waals surface area contributed by atoms with Crippen LogP contribution in [0.2, 0.25) is 0 Å². The first-order chi connectivity index (χ1) is 12.5. The third kappa shape index (κ3) is 6.74. The second-order valence-corrected chi connectivity index (χ2v) is 12.2. The van der Waals surface area contributed by atoms with Crippen LogP contribution in [0.4, 0.5) is 0 Å². The van der Waals surface area contributed by atoms with Gasteiger partial charge in [-0.25, -0.2) is 0 Å². The number of ether oxygens (including phenoxy) is 1. The van der Waals surface area contributed by atoms with E-state index in [1.807, 2.05) is 11.8 Å². The molecule has 1 aromatic rings. The summed E-state index contributed by atoms with van der Waals surface area (Å²) in [5, 5.41) is 1.09. The lowest BCUT2D eigenvalue weighted by Gasteiger charge is -2.32. The van der Waals surface area contributed by atoms with Crippen molar-refractivity contribution in [1.29, 1.82) is 0 Å². The zero-order valence-electron chi connectivity index (χ0n) is 18.1. The molecule has 4 heteroatoms. The Morgan fingerprint density at radius 2 is 1.48 bits per heavy atom. The number of thioether (sulfide) groups is 2. The summed E-state index contributed by atoms with van der Waals surface area (Å²) in [6.45, 7) is 13.7. The third-order valence-electron chi connectivity index (χ3n) is 5.21. The molecule has 152 valence electrons. The summed E-state index contributed by atoms with van der Waals surface area (Å²) in [5.41, 5.74) is 3.10. The molecule has 1 aliphatic rings. The van der Waals surface area contributed by atoms with Gasteiger partial charge in [-0.3, -0.25) is 4.79 Å². The molecule has 0 spiro atoms. The summed E-state index contributed by atoms with van der Waals surface area (Å²) in [6, 6.07) is 7.15. The molecule has 2 nitrogen and oxygen atoms in total. The SMILES string of the molecule is COC(=O)CSC1CCCCC1Sc1cc(C(C)(C)C)cc(C(C)(C)C)c1. The Morgan fingerprint density at radius 3 is 1.96 bits per heavy atom. The van der Waals surface area contributed by atoms with Crippen molar-refractivity contribution in [3.05, 3.63) is 29.3 Å². The lowest BCUT2D eigenvalue weighted by atomic mass is 9.81. The Balaban J connectivity index is 2.24. The minimum Gasteiger partial charge on any atom is -0.468 e. The number of esters is 1. The standard InChI is InChI=1S/C23H36O2S2/c1-22(2,3)16-12-17(23(4,5)6)14-18(13-16)27-20-11-9-8-10-19(20)26-15-21(24)25-7/h12-14,19-20H,8-11,15H2,1-7H3. The van der Waals surface area contributed by atoms with Gasteiger partial charge in [-0.05, 0) is 46.9 Å². The molecule has 2 atom stereocenters. The second kappa shape index (κ2) is 9.26. The number of hydrogen-bond donors (Lipinski definition) is 0. The van der Waals surface area contributed by atoms with Crippen molar-refractivity contribution in [2.75, 3.05) is 12.9 Å². The van der Waals surface area contributed by atoms with E-state index in [0.717, 1.165) is 0 Å². The lowest BCUT2D eigenvalue weighted by molar-refractivity contribution is -0.137. The molecule has 2 rings (SSSR count). The molecule has 0 N–H and O–H groups in total. The van der Waals surface area contributed by atoms with E-state index in [0.29, 0.717) is 16.3 Å². The van der Waals surface area contributed by atoms with Crippen LogP contribution >= 0.6 is 23.5 Å². The first-order valence-corrected chi connectivity index (χ1v) is 11.9. The number of methoxy groups -OCH3 is 1. The van der Waals surface area contributed by atoms with E-state index < -0.39 is 0 Å². The average molecular weight is 409 g/mol. The Morgan fingerprint density at radius 1 is 0.963 bits per heavy atom. The van der Waals surface area contributed by atoms with E-state index in [1.165, 1.54) is 48.8 Å². The first-order valence-electron chi connectivity index (χ1n) is 10.0. The highest BCUT2D eigenvalue weighted by Gasteiger charge is 2.28. The van der Waals surface area contributed by atoms with Crippen LogP contribution in [-0.4, -0.2) is 29.3 Å². The number of carbonyl (C=O) groups is 1. The van der Waals surface area contributed by atoms with E-state index in [2.05, 4.69) is 59.7 Å². The predicted octanol–water partition coefficient (Wildman–Crippen LogP) is 6.59. The van der Waals surface area contributed by atoms with Gasteiger partial charge in [-0.15, -0.1) is 23.5 Å². The van der Waals surface area contributed by atoms with Crippen molar-refractivity contribution in [2.24, 2.45) is 0 Å². The van der Waals surface area contributed by atoms with Gasteiger partial charge < -0.3 is 4.74 Å². The molecule has 1 fully saturated rings. The smallest absolute Gasteiger partial charge is 0.315 e. The molecule has 0 bridgehead atoms. The molecule has 0 amide bonds. The zero-order valence-corrected chi connectivity index (χ0v) is 19.7. The van der Waals surface area contributed by atoms with Crippen LogP contribution in [0.3, 0.4) is 0 Å². The molecule has 2 unspecified atom stereocenters. The fourth-order valence-corrected chi connectivity index (χ4v) is 6.20. The highest BCUT2D eigenvalue weighted by Crippen LogP contribution is 2.42. The number of carbonyl (C=O) groups excluding carboxylic acids is 1. The molecule has 1 aliphatic carbocycles. The first kappa shape index (κ1) is 22.7. The van der Waals surface area contributed by atoms with Crippen molar-refractivity contribution in [1.82, 2.24) is 0 Å². The molecule has 0 radical (unpaired) electrons. The maximum absolute atomic E-state index is 11.6.